The monoisotopic (exact) mass is 369 g/mol. The standard InChI is InChI=1S/C21H27N3O3/c1-17(14-18-6-8-22-9-7-18)23-15-19-2-4-20(5-3-19)27-16-21(25)24-10-12-26-13-11-24/h2-9,17,23H,10-16H2,1H3. The van der Waals surface area contributed by atoms with Gasteiger partial charge in [0.2, 0.25) is 0 Å². The highest BCUT2D eigenvalue weighted by atomic mass is 16.5. The molecule has 1 aliphatic heterocycles. The van der Waals surface area contributed by atoms with Crippen molar-refractivity contribution in [3.8, 4) is 5.75 Å². The van der Waals surface area contributed by atoms with Gasteiger partial charge in [0.25, 0.3) is 5.91 Å². The number of ether oxygens (including phenoxy) is 2. The first kappa shape index (κ1) is 19.3. The van der Waals surface area contributed by atoms with Crippen LogP contribution in [-0.2, 0) is 22.5 Å². The maximum atomic E-state index is 12.1. The van der Waals surface area contributed by atoms with Crippen molar-refractivity contribution >= 4 is 5.91 Å². The quantitative estimate of drug-likeness (QED) is 0.772. The van der Waals surface area contributed by atoms with Gasteiger partial charge in [0.05, 0.1) is 13.2 Å². The summed E-state index contributed by atoms with van der Waals surface area (Å²) in [6.45, 7) is 5.53. The van der Waals surface area contributed by atoms with Crippen LogP contribution in [0.15, 0.2) is 48.8 Å². The Morgan fingerprint density at radius 3 is 2.56 bits per heavy atom. The minimum absolute atomic E-state index is 0.00831. The molecule has 0 spiro atoms. The molecule has 1 saturated heterocycles. The third-order valence-corrected chi connectivity index (χ3v) is 4.60. The van der Waals surface area contributed by atoms with Crippen molar-refractivity contribution in [2.75, 3.05) is 32.9 Å². The van der Waals surface area contributed by atoms with Crippen LogP contribution in [0.2, 0.25) is 0 Å². The zero-order chi connectivity index (χ0) is 18.9. The number of hydrogen-bond donors (Lipinski definition) is 1. The van der Waals surface area contributed by atoms with Crippen LogP contribution in [0.4, 0.5) is 0 Å². The lowest BCUT2D eigenvalue weighted by molar-refractivity contribution is -0.137. The second-order valence-corrected chi connectivity index (χ2v) is 6.77. The summed E-state index contributed by atoms with van der Waals surface area (Å²) in [6, 6.07) is 12.3. The lowest BCUT2D eigenvalue weighted by Crippen LogP contribution is -2.42. The van der Waals surface area contributed by atoms with Gasteiger partial charge in [-0.05, 0) is 48.7 Å². The largest absolute Gasteiger partial charge is 0.484 e. The summed E-state index contributed by atoms with van der Waals surface area (Å²) in [5.74, 6) is 0.721. The minimum Gasteiger partial charge on any atom is -0.484 e. The lowest BCUT2D eigenvalue weighted by Gasteiger charge is -2.26. The molecule has 1 aromatic carbocycles. The third-order valence-electron chi connectivity index (χ3n) is 4.60. The van der Waals surface area contributed by atoms with E-state index in [1.807, 2.05) is 48.8 Å². The predicted octanol–water partition coefficient (Wildman–Crippen LogP) is 2.04. The Bertz CT molecular complexity index is 700. The predicted molar refractivity (Wildman–Crippen MR) is 104 cm³/mol. The molecule has 0 bridgehead atoms. The van der Waals surface area contributed by atoms with Crippen LogP contribution >= 0.6 is 0 Å². The molecule has 1 aromatic heterocycles. The molecule has 27 heavy (non-hydrogen) atoms. The molecule has 144 valence electrons. The molecule has 0 saturated carbocycles. The zero-order valence-corrected chi connectivity index (χ0v) is 15.8. The van der Waals surface area contributed by atoms with E-state index in [1.54, 1.807) is 4.90 Å². The number of hydrogen-bond acceptors (Lipinski definition) is 5. The Morgan fingerprint density at radius 1 is 1.15 bits per heavy atom. The Morgan fingerprint density at radius 2 is 1.85 bits per heavy atom. The number of nitrogens with zero attached hydrogens (tertiary/aromatic N) is 2. The van der Waals surface area contributed by atoms with Crippen molar-refractivity contribution in [2.24, 2.45) is 0 Å². The van der Waals surface area contributed by atoms with Crippen molar-refractivity contribution in [2.45, 2.75) is 25.9 Å². The van der Waals surface area contributed by atoms with Gasteiger partial charge >= 0.3 is 0 Å². The van der Waals surface area contributed by atoms with Gasteiger partial charge < -0.3 is 19.7 Å². The second-order valence-electron chi connectivity index (χ2n) is 6.77. The lowest BCUT2D eigenvalue weighted by atomic mass is 10.1. The summed E-state index contributed by atoms with van der Waals surface area (Å²) in [7, 11) is 0. The fourth-order valence-corrected chi connectivity index (χ4v) is 2.99. The molecule has 1 amide bonds. The molecule has 0 aliphatic carbocycles. The summed E-state index contributed by atoms with van der Waals surface area (Å²) in [5.41, 5.74) is 2.46. The van der Waals surface area contributed by atoms with E-state index >= 15 is 0 Å². The highest BCUT2D eigenvalue weighted by Gasteiger charge is 2.17. The van der Waals surface area contributed by atoms with E-state index in [9.17, 15) is 4.79 Å². The maximum Gasteiger partial charge on any atom is 0.260 e. The number of aromatic nitrogens is 1. The van der Waals surface area contributed by atoms with Crippen LogP contribution in [0.5, 0.6) is 5.75 Å². The highest BCUT2D eigenvalue weighted by molar-refractivity contribution is 5.77. The molecule has 1 unspecified atom stereocenters. The van der Waals surface area contributed by atoms with Gasteiger partial charge in [-0.25, -0.2) is 0 Å². The first-order valence-electron chi connectivity index (χ1n) is 9.40. The molecule has 2 aromatic rings. The molecule has 1 fully saturated rings. The van der Waals surface area contributed by atoms with E-state index in [1.165, 1.54) is 11.1 Å². The second kappa shape index (κ2) is 10.0. The molecule has 0 radical (unpaired) electrons. The summed E-state index contributed by atoms with van der Waals surface area (Å²) >= 11 is 0. The SMILES string of the molecule is CC(Cc1ccncc1)NCc1ccc(OCC(=O)N2CCOCC2)cc1. The topological polar surface area (TPSA) is 63.7 Å². The van der Waals surface area contributed by atoms with Gasteiger partial charge in [-0.15, -0.1) is 0 Å². The van der Waals surface area contributed by atoms with Gasteiger partial charge in [-0.1, -0.05) is 12.1 Å². The van der Waals surface area contributed by atoms with E-state index in [0.717, 1.165) is 13.0 Å². The van der Waals surface area contributed by atoms with Crippen LogP contribution in [0.25, 0.3) is 0 Å². The van der Waals surface area contributed by atoms with Crippen LogP contribution in [-0.4, -0.2) is 54.7 Å². The molecule has 1 aliphatic rings. The first-order valence-corrected chi connectivity index (χ1v) is 9.40. The summed E-state index contributed by atoms with van der Waals surface area (Å²) in [6.07, 6.45) is 4.61. The normalized spacial score (nSPS) is 15.4. The summed E-state index contributed by atoms with van der Waals surface area (Å²) in [5, 5.41) is 3.53. The molecular weight excluding hydrogens is 342 g/mol. The van der Waals surface area contributed by atoms with E-state index in [-0.39, 0.29) is 12.5 Å². The summed E-state index contributed by atoms with van der Waals surface area (Å²) in [4.78, 5) is 17.9. The van der Waals surface area contributed by atoms with Crippen molar-refractivity contribution in [3.63, 3.8) is 0 Å². The van der Waals surface area contributed by atoms with Crippen LogP contribution < -0.4 is 10.1 Å². The fraction of sp³-hybridized carbons (Fsp3) is 0.429. The molecule has 6 nitrogen and oxygen atoms in total. The van der Waals surface area contributed by atoms with Crippen molar-refractivity contribution in [1.29, 1.82) is 0 Å². The number of morpholine rings is 1. The number of nitrogens with one attached hydrogen (secondary N) is 1. The number of benzene rings is 1. The molecule has 1 atom stereocenters. The third kappa shape index (κ3) is 6.34. The van der Waals surface area contributed by atoms with Crippen LogP contribution in [0.3, 0.4) is 0 Å². The van der Waals surface area contributed by atoms with Gasteiger partial charge in [0.1, 0.15) is 5.75 Å². The van der Waals surface area contributed by atoms with Gasteiger partial charge in [0, 0.05) is 38.1 Å². The van der Waals surface area contributed by atoms with E-state index < -0.39 is 0 Å². The summed E-state index contributed by atoms with van der Waals surface area (Å²) < 4.78 is 10.9. The average Bonchev–Trinajstić information content (AvgIpc) is 2.72. The van der Waals surface area contributed by atoms with Crippen molar-refractivity contribution in [3.05, 3.63) is 59.9 Å². The first-order chi connectivity index (χ1) is 13.2. The fourth-order valence-electron chi connectivity index (χ4n) is 2.99. The van der Waals surface area contributed by atoms with Crippen LogP contribution in [0, 0.1) is 0 Å². The van der Waals surface area contributed by atoms with Gasteiger partial charge in [-0.2, -0.15) is 0 Å². The Hall–Kier alpha value is -2.44. The molecular formula is C21H27N3O3. The maximum absolute atomic E-state index is 12.1. The van der Waals surface area contributed by atoms with E-state index in [0.29, 0.717) is 38.1 Å². The van der Waals surface area contributed by atoms with E-state index in [4.69, 9.17) is 9.47 Å². The zero-order valence-electron chi connectivity index (χ0n) is 15.8. The molecule has 1 N–H and O–H groups in total. The minimum atomic E-state index is 0.00831. The Labute approximate surface area is 160 Å². The molecule has 2 heterocycles. The number of pyridine rings is 1. The van der Waals surface area contributed by atoms with Crippen LogP contribution in [0.1, 0.15) is 18.1 Å². The average molecular weight is 369 g/mol. The molecule has 6 heteroatoms. The van der Waals surface area contributed by atoms with Gasteiger partial charge in [-0.3, -0.25) is 9.78 Å². The number of carbonyl (C=O) groups is 1. The van der Waals surface area contributed by atoms with Crippen molar-refractivity contribution < 1.29 is 14.3 Å². The van der Waals surface area contributed by atoms with E-state index in [2.05, 4.69) is 17.2 Å². The highest BCUT2D eigenvalue weighted by Crippen LogP contribution is 2.13. The number of carbonyl (C=O) groups excluding carboxylic acids is 1. The number of rotatable bonds is 8. The van der Waals surface area contributed by atoms with Crippen molar-refractivity contribution in [1.82, 2.24) is 15.2 Å². The smallest absolute Gasteiger partial charge is 0.260 e. The van der Waals surface area contributed by atoms with Gasteiger partial charge in [0.15, 0.2) is 6.61 Å². The Kier molecular flexibility index (Phi) is 7.19. The Balaban J connectivity index is 1.39. The molecule has 3 rings (SSSR count). The number of amides is 1.